The molecule has 1 aliphatic rings. The van der Waals surface area contributed by atoms with Crippen LogP contribution in [0.3, 0.4) is 0 Å². The first-order valence-electron chi connectivity index (χ1n) is 6.17. The van der Waals surface area contributed by atoms with E-state index < -0.39 is 10.0 Å². The zero-order valence-corrected chi connectivity index (χ0v) is 13.5. The van der Waals surface area contributed by atoms with Gasteiger partial charge in [-0.2, -0.15) is 0 Å². The molecule has 0 amide bonds. The number of sulfonamides is 1. The van der Waals surface area contributed by atoms with Crippen molar-refractivity contribution in [2.24, 2.45) is 0 Å². The maximum Gasteiger partial charge on any atom is 0.244 e. The summed E-state index contributed by atoms with van der Waals surface area (Å²) in [6.07, 6.45) is 1.60. The summed E-state index contributed by atoms with van der Waals surface area (Å²) in [7, 11) is -2.28. The summed E-state index contributed by atoms with van der Waals surface area (Å²) in [5.41, 5.74) is 6.09. The summed E-state index contributed by atoms with van der Waals surface area (Å²) in [4.78, 5) is 0.0336. The van der Waals surface area contributed by atoms with E-state index in [4.69, 9.17) is 15.2 Å². The molecule has 0 radical (unpaired) electrons. The van der Waals surface area contributed by atoms with E-state index in [0.29, 0.717) is 23.4 Å². The van der Waals surface area contributed by atoms with Gasteiger partial charge >= 0.3 is 0 Å². The summed E-state index contributed by atoms with van der Waals surface area (Å²) in [6.45, 7) is 1.06. The highest BCUT2D eigenvalue weighted by Crippen LogP contribution is 2.32. The van der Waals surface area contributed by atoms with Crippen molar-refractivity contribution < 1.29 is 17.9 Å². The predicted molar refractivity (Wildman–Crippen MR) is 79.3 cm³/mol. The van der Waals surface area contributed by atoms with Gasteiger partial charge in [0.05, 0.1) is 13.7 Å². The fraction of sp³-hybridized carbons (Fsp3) is 0.500. The van der Waals surface area contributed by atoms with E-state index in [1.807, 2.05) is 0 Å². The van der Waals surface area contributed by atoms with E-state index in [0.717, 1.165) is 12.8 Å². The van der Waals surface area contributed by atoms with Crippen LogP contribution in [0, 0.1) is 0 Å². The molecule has 3 N–H and O–H groups in total. The zero-order chi connectivity index (χ0) is 14.8. The van der Waals surface area contributed by atoms with Crippen LogP contribution in [0.1, 0.15) is 12.8 Å². The average Bonchev–Trinajstić information content (AvgIpc) is 2.42. The lowest BCUT2D eigenvalue weighted by Gasteiger charge is -2.23. The number of nitrogens with two attached hydrogens (primary N) is 1. The Balaban J connectivity index is 2.30. The summed E-state index contributed by atoms with van der Waals surface area (Å²) in [6, 6.07) is 2.71. The molecular weight excluding hydrogens is 348 g/mol. The molecule has 0 saturated carbocycles. The van der Waals surface area contributed by atoms with Crippen LogP contribution in [0.5, 0.6) is 5.75 Å². The first-order chi connectivity index (χ1) is 9.44. The number of methoxy groups -OCH3 is 1. The second-order valence-electron chi connectivity index (χ2n) is 4.56. The minimum atomic E-state index is -3.70. The number of nitrogen functional groups attached to an aromatic ring is 1. The molecule has 1 fully saturated rings. The molecule has 1 atom stereocenters. The second kappa shape index (κ2) is 6.30. The van der Waals surface area contributed by atoms with Gasteiger partial charge in [-0.05, 0) is 40.9 Å². The number of halogens is 1. The minimum absolute atomic E-state index is 0.0336. The number of anilines is 1. The fourth-order valence-corrected chi connectivity index (χ4v) is 3.80. The summed E-state index contributed by atoms with van der Waals surface area (Å²) in [5.74, 6) is 0.246. The van der Waals surface area contributed by atoms with Crippen LogP contribution in [0.25, 0.3) is 0 Å². The Morgan fingerprint density at radius 2 is 2.25 bits per heavy atom. The monoisotopic (exact) mass is 364 g/mol. The lowest BCUT2D eigenvalue weighted by Crippen LogP contribution is -2.40. The van der Waals surface area contributed by atoms with Crippen molar-refractivity contribution in [1.29, 1.82) is 0 Å². The molecule has 112 valence electrons. The van der Waals surface area contributed by atoms with Gasteiger partial charge in [0.25, 0.3) is 0 Å². The Hall–Kier alpha value is -0.830. The predicted octanol–water partition coefficient (Wildman–Crippen LogP) is 1.50. The Kier molecular flexibility index (Phi) is 4.90. The molecule has 6 nitrogen and oxygen atoms in total. The normalized spacial score (nSPS) is 19.8. The van der Waals surface area contributed by atoms with Crippen LogP contribution in [0.4, 0.5) is 5.69 Å². The molecular formula is C12H17BrN2O4S. The standard InChI is InChI=1S/C12H17BrN2O4S/c1-18-11-5-9(13)10(14)6-12(11)20(16,17)15-8-3-2-4-19-7-8/h5-6,8,15H,2-4,7,14H2,1H3. The summed E-state index contributed by atoms with van der Waals surface area (Å²) in [5, 5.41) is 0. The number of hydrogen-bond acceptors (Lipinski definition) is 5. The Bertz CT molecular complexity index is 585. The SMILES string of the molecule is COc1cc(Br)c(N)cc1S(=O)(=O)NC1CCCOC1. The van der Waals surface area contributed by atoms with Gasteiger partial charge in [-0.1, -0.05) is 0 Å². The molecule has 0 aliphatic carbocycles. The zero-order valence-electron chi connectivity index (χ0n) is 11.1. The van der Waals surface area contributed by atoms with Gasteiger partial charge in [0.15, 0.2) is 0 Å². The third-order valence-electron chi connectivity index (χ3n) is 3.05. The molecule has 1 unspecified atom stereocenters. The third-order valence-corrected chi connectivity index (χ3v) is 5.28. The van der Waals surface area contributed by atoms with Crippen molar-refractivity contribution in [3.63, 3.8) is 0 Å². The number of nitrogens with one attached hydrogen (secondary N) is 1. The fourth-order valence-electron chi connectivity index (χ4n) is 2.04. The van der Waals surface area contributed by atoms with E-state index in [2.05, 4.69) is 20.7 Å². The molecule has 0 bridgehead atoms. The molecule has 0 spiro atoms. The molecule has 20 heavy (non-hydrogen) atoms. The van der Waals surface area contributed by atoms with E-state index in [1.54, 1.807) is 6.07 Å². The van der Waals surface area contributed by atoms with E-state index in [9.17, 15) is 8.42 Å². The molecule has 1 saturated heterocycles. The highest BCUT2D eigenvalue weighted by molar-refractivity contribution is 9.10. The molecule has 1 aliphatic heterocycles. The van der Waals surface area contributed by atoms with Crippen molar-refractivity contribution in [2.75, 3.05) is 26.1 Å². The molecule has 0 aromatic heterocycles. The quantitative estimate of drug-likeness (QED) is 0.790. The third kappa shape index (κ3) is 3.43. The Morgan fingerprint density at radius 3 is 2.85 bits per heavy atom. The number of rotatable bonds is 4. The van der Waals surface area contributed by atoms with Crippen LogP contribution < -0.4 is 15.2 Å². The molecule has 1 aromatic carbocycles. The van der Waals surface area contributed by atoms with Crippen LogP contribution in [0.15, 0.2) is 21.5 Å². The van der Waals surface area contributed by atoms with Gasteiger partial charge in [0, 0.05) is 22.8 Å². The van der Waals surface area contributed by atoms with Gasteiger partial charge in [-0.3, -0.25) is 0 Å². The Morgan fingerprint density at radius 1 is 1.50 bits per heavy atom. The van der Waals surface area contributed by atoms with Crippen LogP contribution in [-0.4, -0.2) is 34.8 Å². The first-order valence-corrected chi connectivity index (χ1v) is 8.44. The smallest absolute Gasteiger partial charge is 0.244 e. The highest BCUT2D eigenvalue weighted by Gasteiger charge is 2.26. The van der Waals surface area contributed by atoms with Gasteiger partial charge in [0.1, 0.15) is 10.6 Å². The topological polar surface area (TPSA) is 90.7 Å². The van der Waals surface area contributed by atoms with E-state index in [1.165, 1.54) is 13.2 Å². The maximum absolute atomic E-state index is 12.4. The molecule has 2 rings (SSSR count). The van der Waals surface area contributed by atoms with Crippen LogP contribution in [0.2, 0.25) is 0 Å². The van der Waals surface area contributed by atoms with Crippen molar-refractivity contribution in [1.82, 2.24) is 4.72 Å². The van der Waals surface area contributed by atoms with Gasteiger partial charge in [-0.15, -0.1) is 0 Å². The summed E-state index contributed by atoms with van der Waals surface area (Å²) >= 11 is 3.25. The maximum atomic E-state index is 12.4. The average molecular weight is 365 g/mol. The number of ether oxygens (including phenoxy) is 2. The lowest BCUT2D eigenvalue weighted by atomic mass is 10.1. The van der Waals surface area contributed by atoms with Crippen molar-refractivity contribution >= 4 is 31.6 Å². The van der Waals surface area contributed by atoms with Crippen molar-refractivity contribution in [3.8, 4) is 5.75 Å². The van der Waals surface area contributed by atoms with Crippen molar-refractivity contribution in [2.45, 2.75) is 23.8 Å². The van der Waals surface area contributed by atoms with Crippen molar-refractivity contribution in [3.05, 3.63) is 16.6 Å². The molecule has 8 heteroatoms. The van der Waals surface area contributed by atoms with Crippen LogP contribution in [-0.2, 0) is 14.8 Å². The van der Waals surface area contributed by atoms with Gasteiger partial charge < -0.3 is 15.2 Å². The highest BCUT2D eigenvalue weighted by atomic mass is 79.9. The molecule has 1 aromatic rings. The van der Waals surface area contributed by atoms with E-state index >= 15 is 0 Å². The number of hydrogen-bond donors (Lipinski definition) is 2. The molecule has 1 heterocycles. The number of benzene rings is 1. The lowest BCUT2D eigenvalue weighted by molar-refractivity contribution is 0.0774. The Labute approximate surface area is 126 Å². The van der Waals surface area contributed by atoms with Crippen LogP contribution >= 0.6 is 15.9 Å². The summed E-state index contributed by atoms with van der Waals surface area (Å²) < 4.78 is 38.5. The van der Waals surface area contributed by atoms with Gasteiger partial charge in [0.2, 0.25) is 10.0 Å². The first kappa shape index (κ1) is 15.6. The largest absolute Gasteiger partial charge is 0.495 e. The van der Waals surface area contributed by atoms with Gasteiger partial charge in [-0.25, -0.2) is 13.1 Å². The van der Waals surface area contributed by atoms with E-state index in [-0.39, 0.29) is 16.7 Å². The minimum Gasteiger partial charge on any atom is -0.495 e. The second-order valence-corrected chi connectivity index (χ2v) is 7.10.